The number of aromatic nitrogens is 3. The van der Waals surface area contributed by atoms with Crippen LogP contribution in [0, 0.1) is 5.82 Å². The number of aliphatic hydroxyl groups is 1. The molecule has 5 heteroatoms. The van der Waals surface area contributed by atoms with Gasteiger partial charge in [-0.2, -0.15) is 5.10 Å². The SMILES string of the molecule is OC1CCC(c2cn(-c3ccc(F)cc3)c3cn[nH]c23)CC1. The Morgan fingerprint density at radius 2 is 1.86 bits per heavy atom. The average Bonchev–Trinajstić information content (AvgIpc) is 3.12. The molecule has 1 aliphatic rings. The minimum Gasteiger partial charge on any atom is -0.393 e. The second-order valence-electron chi connectivity index (χ2n) is 6.07. The maximum Gasteiger partial charge on any atom is 0.123 e. The number of rotatable bonds is 2. The number of fused-ring (bicyclic) bond motifs is 1. The van der Waals surface area contributed by atoms with Crippen LogP contribution in [-0.4, -0.2) is 26.0 Å². The van der Waals surface area contributed by atoms with Crippen LogP contribution in [0.25, 0.3) is 16.7 Å². The fourth-order valence-corrected chi connectivity index (χ4v) is 3.46. The van der Waals surface area contributed by atoms with Crippen LogP contribution in [0.2, 0.25) is 0 Å². The highest BCUT2D eigenvalue weighted by atomic mass is 19.1. The molecule has 0 atom stereocenters. The third kappa shape index (κ3) is 2.22. The summed E-state index contributed by atoms with van der Waals surface area (Å²) in [6.45, 7) is 0. The van der Waals surface area contributed by atoms with E-state index in [0.717, 1.165) is 42.4 Å². The van der Waals surface area contributed by atoms with Crippen molar-refractivity contribution in [2.75, 3.05) is 0 Å². The van der Waals surface area contributed by atoms with E-state index >= 15 is 0 Å². The molecule has 3 aromatic rings. The average molecular weight is 299 g/mol. The van der Waals surface area contributed by atoms with Crippen molar-refractivity contribution in [3.05, 3.63) is 48.0 Å². The van der Waals surface area contributed by atoms with Crippen LogP contribution < -0.4 is 0 Å². The Bertz CT molecular complexity index is 782. The summed E-state index contributed by atoms with van der Waals surface area (Å²) >= 11 is 0. The summed E-state index contributed by atoms with van der Waals surface area (Å²) in [5.41, 5.74) is 4.22. The molecule has 2 aromatic heterocycles. The largest absolute Gasteiger partial charge is 0.393 e. The molecule has 0 bridgehead atoms. The summed E-state index contributed by atoms with van der Waals surface area (Å²) in [4.78, 5) is 0. The lowest BCUT2D eigenvalue weighted by atomic mass is 9.83. The maximum atomic E-state index is 13.1. The summed E-state index contributed by atoms with van der Waals surface area (Å²) in [7, 11) is 0. The lowest BCUT2D eigenvalue weighted by Gasteiger charge is -2.24. The first-order valence-corrected chi connectivity index (χ1v) is 7.70. The number of hydrogen-bond acceptors (Lipinski definition) is 2. The summed E-state index contributed by atoms with van der Waals surface area (Å²) in [5, 5.41) is 17.0. The van der Waals surface area contributed by atoms with Gasteiger partial charge >= 0.3 is 0 Å². The van der Waals surface area contributed by atoms with E-state index in [9.17, 15) is 9.50 Å². The Morgan fingerprint density at radius 1 is 1.14 bits per heavy atom. The standard InChI is InChI=1S/C17H18FN3O/c18-12-3-5-13(6-4-12)21-10-15(17-16(21)9-19-20-17)11-1-7-14(22)8-2-11/h3-6,9-11,14,22H,1-2,7-8H2,(H,19,20). The Hall–Kier alpha value is -2.14. The van der Waals surface area contributed by atoms with Crippen molar-refractivity contribution in [1.29, 1.82) is 0 Å². The molecule has 0 radical (unpaired) electrons. The molecule has 22 heavy (non-hydrogen) atoms. The van der Waals surface area contributed by atoms with Crippen LogP contribution in [0.3, 0.4) is 0 Å². The Balaban J connectivity index is 1.77. The second-order valence-corrected chi connectivity index (χ2v) is 6.07. The number of hydrogen-bond donors (Lipinski definition) is 2. The first-order chi connectivity index (χ1) is 10.7. The minimum absolute atomic E-state index is 0.160. The second kappa shape index (κ2) is 5.25. The molecule has 1 aliphatic carbocycles. The van der Waals surface area contributed by atoms with E-state index in [1.54, 1.807) is 18.3 Å². The molecule has 4 rings (SSSR count). The Labute approximate surface area is 127 Å². The molecular weight excluding hydrogens is 281 g/mol. The molecule has 1 fully saturated rings. The van der Waals surface area contributed by atoms with Gasteiger partial charge in [-0.3, -0.25) is 5.10 Å². The highest BCUT2D eigenvalue weighted by Gasteiger charge is 2.25. The van der Waals surface area contributed by atoms with Crippen LogP contribution >= 0.6 is 0 Å². The quantitative estimate of drug-likeness (QED) is 0.761. The molecule has 0 amide bonds. The van der Waals surface area contributed by atoms with E-state index < -0.39 is 0 Å². The molecule has 0 spiro atoms. The fraction of sp³-hybridized carbons (Fsp3) is 0.353. The van der Waals surface area contributed by atoms with Gasteiger partial charge in [0.2, 0.25) is 0 Å². The van der Waals surface area contributed by atoms with Crippen LogP contribution in [0.15, 0.2) is 36.7 Å². The van der Waals surface area contributed by atoms with Gasteiger partial charge in [0.1, 0.15) is 5.82 Å². The smallest absolute Gasteiger partial charge is 0.123 e. The molecule has 4 nitrogen and oxygen atoms in total. The number of halogens is 1. The summed E-state index contributed by atoms with van der Waals surface area (Å²) in [6, 6.07) is 6.49. The number of nitrogens with zero attached hydrogens (tertiary/aromatic N) is 2. The number of aliphatic hydroxyl groups excluding tert-OH is 1. The number of H-pyrrole nitrogens is 1. The Kier molecular flexibility index (Phi) is 3.22. The maximum absolute atomic E-state index is 13.1. The van der Waals surface area contributed by atoms with Crippen LogP contribution in [0.1, 0.15) is 37.2 Å². The normalized spacial score (nSPS) is 22.3. The van der Waals surface area contributed by atoms with Crippen LogP contribution in [-0.2, 0) is 0 Å². The van der Waals surface area contributed by atoms with E-state index in [2.05, 4.69) is 21.0 Å². The molecule has 2 heterocycles. The zero-order chi connectivity index (χ0) is 15.1. The first kappa shape index (κ1) is 13.5. The predicted octanol–water partition coefficient (Wildman–Crippen LogP) is 3.51. The predicted molar refractivity (Wildman–Crippen MR) is 82.6 cm³/mol. The van der Waals surface area contributed by atoms with Crippen molar-refractivity contribution >= 4 is 11.0 Å². The van der Waals surface area contributed by atoms with Gasteiger partial charge < -0.3 is 9.67 Å². The number of aromatic amines is 1. The molecule has 114 valence electrons. The van der Waals surface area contributed by atoms with Gasteiger partial charge in [0.05, 0.1) is 23.3 Å². The van der Waals surface area contributed by atoms with E-state index in [-0.39, 0.29) is 11.9 Å². The van der Waals surface area contributed by atoms with E-state index in [0.29, 0.717) is 5.92 Å². The van der Waals surface area contributed by atoms with Crippen LogP contribution in [0.4, 0.5) is 4.39 Å². The third-order valence-electron chi connectivity index (χ3n) is 4.68. The molecular formula is C17H18FN3O. The number of nitrogens with one attached hydrogen (secondary N) is 1. The van der Waals surface area contributed by atoms with Gasteiger partial charge in [-0.05, 0) is 61.4 Å². The molecule has 0 saturated heterocycles. The zero-order valence-electron chi connectivity index (χ0n) is 12.2. The number of benzene rings is 1. The van der Waals surface area contributed by atoms with Gasteiger partial charge in [0.15, 0.2) is 0 Å². The minimum atomic E-state index is -0.235. The highest BCUT2D eigenvalue weighted by Crippen LogP contribution is 2.37. The van der Waals surface area contributed by atoms with Gasteiger partial charge in [-0.25, -0.2) is 4.39 Å². The van der Waals surface area contributed by atoms with Gasteiger partial charge in [0, 0.05) is 11.9 Å². The fourth-order valence-electron chi connectivity index (χ4n) is 3.46. The third-order valence-corrected chi connectivity index (χ3v) is 4.68. The summed E-state index contributed by atoms with van der Waals surface area (Å²) < 4.78 is 15.2. The lowest BCUT2D eigenvalue weighted by Crippen LogP contribution is -2.16. The molecule has 2 N–H and O–H groups in total. The lowest BCUT2D eigenvalue weighted by molar-refractivity contribution is 0.122. The van der Waals surface area contributed by atoms with Crippen molar-refractivity contribution in [2.24, 2.45) is 0 Å². The summed E-state index contributed by atoms with van der Waals surface area (Å²) in [6.07, 6.45) is 7.45. The van der Waals surface area contributed by atoms with Gasteiger partial charge in [-0.15, -0.1) is 0 Å². The van der Waals surface area contributed by atoms with E-state index in [4.69, 9.17) is 0 Å². The van der Waals surface area contributed by atoms with E-state index in [1.165, 1.54) is 17.7 Å². The van der Waals surface area contributed by atoms with Crippen molar-refractivity contribution in [3.8, 4) is 5.69 Å². The van der Waals surface area contributed by atoms with Gasteiger partial charge in [0.25, 0.3) is 0 Å². The monoisotopic (exact) mass is 299 g/mol. The molecule has 1 saturated carbocycles. The van der Waals surface area contributed by atoms with Crippen LogP contribution in [0.5, 0.6) is 0 Å². The molecule has 0 unspecified atom stereocenters. The molecule has 0 aliphatic heterocycles. The van der Waals surface area contributed by atoms with Crippen molar-refractivity contribution in [1.82, 2.24) is 14.8 Å². The zero-order valence-corrected chi connectivity index (χ0v) is 12.2. The van der Waals surface area contributed by atoms with Gasteiger partial charge in [-0.1, -0.05) is 0 Å². The molecule has 1 aromatic carbocycles. The van der Waals surface area contributed by atoms with E-state index in [1.807, 2.05) is 0 Å². The Morgan fingerprint density at radius 3 is 2.59 bits per heavy atom. The van der Waals surface area contributed by atoms with Crippen molar-refractivity contribution in [2.45, 2.75) is 37.7 Å². The van der Waals surface area contributed by atoms with Crippen molar-refractivity contribution in [3.63, 3.8) is 0 Å². The van der Waals surface area contributed by atoms with Crippen molar-refractivity contribution < 1.29 is 9.50 Å². The first-order valence-electron chi connectivity index (χ1n) is 7.70. The summed E-state index contributed by atoms with van der Waals surface area (Å²) in [5.74, 6) is 0.203. The topological polar surface area (TPSA) is 53.8 Å². The highest BCUT2D eigenvalue weighted by molar-refractivity contribution is 5.81.